The second-order valence-electron chi connectivity index (χ2n) is 4.78. The zero-order valence-electron chi connectivity index (χ0n) is 11.8. The van der Waals surface area contributed by atoms with Crippen LogP contribution in [0, 0.1) is 0 Å². The second kappa shape index (κ2) is 5.29. The highest BCUT2D eigenvalue weighted by atomic mass is 32.1. The highest BCUT2D eigenvalue weighted by molar-refractivity contribution is 7.09. The van der Waals surface area contributed by atoms with E-state index in [9.17, 15) is 9.90 Å². The fraction of sp³-hybridized carbons (Fsp3) is 0.267. The van der Waals surface area contributed by atoms with Crippen molar-refractivity contribution >= 4 is 28.3 Å². The normalized spacial score (nSPS) is 12.7. The van der Waals surface area contributed by atoms with Crippen LogP contribution in [0.3, 0.4) is 0 Å². The third kappa shape index (κ3) is 2.21. The molecule has 1 unspecified atom stereocenters. The number of thiazole rings is 1. The molecule has 2 heterocycles. The number of para-hydroxylation sites is 1. The fourth-order valence-electron chi connectivity index (χ4n) is 2.59. The van der Waals surface area contributed by atoms with Crippen molar-refractivity contribution in [1.29, 1.82) is 0 Å². The number of aromatic nitrogens is 3. The van der Waals surface area contributed by atoms with Crippen LogP contribution < -0.4 is 0 Å². The van der Waals surface area contributed by atoms with Gasteiger partial charge in [-0.3, -0.25) is 0 Å². The van der Waals surface area contributed by atoms with Gasteiger partial charge < -0.3 is 9.67 Å². The van der Waals surface area contributed by atoms with Crippen LogP contribution in [0.25, 0.3) is 11.0 Å². The molecule has 0 radical (unpaired) electrons. The van der Waals surface area contributed by atoms with E-state index in [1.165, 1.54) is 0 Å². The molecule has 0 spiro atoms. The molecular formula is C15H15N3O2S. The molecule has 0 aliphatic heterocycles. The molecule has 5 nitrogen and oxygen atoms in total. The molecule has 21 heavy (non-hydrogen) atoms. The van der Waals surface area contributed by atoms with Gasteiger partial charge in [0, 0.05) is 18.0 Å². The maximum atomic E-state index is 11.5. The predicted molar refractivity (Wildman–Crippen MR) is 82.0 cm³/mol. The van der Waals surface area contributed by atoms with Crippen LogP contribution in [-0.4, -0.2) is 25.6 Å². The van der Waals surface area contributed by atoms with E-state index in [2.05, 4.69) is 9.97 Å². The smallest absolute Gasteiger partial charge is 0.337 e. The predicted octanol–water partition coefficient (Wildman–Crippen LogP) is 3.36. The van der Waals surface area contributed by atoms with Crippen molar-refractivity contribution in [3.63, 3.8) is 0 Å². The van der Waals surface area contributed by atoms with Crippen LogP contribution in [-0.2, 0) is 6.42 Å². The van der Waals surface area contributed by atoms with E-state index in [4.69, 9.17) is 0 Å². The van der Waals surface area contributed by atoms with Gasteiger partial charge in [-0.15, -0.1) is 11.3 Å². The van der Waals surface area contributed by atoms with Gasteiger partial charge in [-0.25, -0.2) is 14.8 Å². The number of nitrogens with zero attached hydrogens (tertiary/aromatic N) is 3. The SMILES string of the molecule is CCc1nc2cccc(C(=O)O)c2n1C(C)c1nccs1. The van der Waals surface area contributed by atoms with Crippen molar-refractivity contribution in [2.75, 3.05) is 0 Å². The molecule has 0 fully saturated rings. The first-order valence-corrected chi connectivity index (χ1v) is 7.64. The Kier molecular flexibility index (Phi) is 3.47. The van der Waals surface area contributed by atoms with Crippen molar-refractivity contribution in [2.24, 2.45) is 0 Å². The maximum Gasteiger partial charge on any atom is 0.337 e. The molecule has 1 atom stereocenters. The van der Waals surface area contributed by atoms with Gasteiger partial charge >= 0.3 is 5.97 Å². The molecule has 3 aromatic rings. The van der Waals surface area contributed by atoms with E-state index < -0.39 is 5.97 Å². The van der Waals surface area contributed by atoms with Gasteiger partial charge in [0.25, 0.3) is 0 Å². The number of aryl methyl sites for hydroxylation is 1. The molecule has 108 valence electrons. The summed E-state index contributed by atoms with van der Waals surface area (Å²) in [5.74, 6) is -0.0582. The molecule has 2 aromatic heterocycles. The minimum absolute atomic E-state index is 0.0366. The Balaban J connectivity index is 2.31. The molecule has 0 saturated heterocycles. The minimum atomic E-state index is -0.934. The summed E-state index contributed by atoms with van der Waals surface area (Å²) in [5.41, 5.74) is 1.67. The summed E-state index contributed by atoms with van der Waals surface area (Å²) >= 11 is 1.56. The van der Waals surface area contributed by atoms with Gasteiger partial charge in [0.1, 0.15) is 10.8 Å². The summed E-state index contributed by atoms with van der Waals surface area (Å²) < 4.78 is 2.00. The number of hydrogen-bond donors (Lipinski definition) is 1. The number of carboxylic acid groups (broad SMARTS) is 1. The monoisotopic (exact) mass is 301 g/mol. The third-order valence-electron chi connectivity index (χ3n) is 3.53. The molecule has 0 aliphatic carbocycles. The lowest BCUT2D eigenvalue weighted by molar-refractivity contribution is 0.0698. The van der Waals surface area contributed by atoms with E-state index in [0.717, 1.165) is 22.8 Å². The van der Waals surface area contributed by atoms with Crippen LogP contribution in [0.4, 0.5) is 0 Å². The summed E-state index contributed by atoms with van der Waals surface area (Å²) in [6, 6.07) is 5.17. The van der Waals surface area contributed by atoms with E-state index in [1.807, 2.05) is 29.9 Å². The Morgan fingerprint density at radius 2 is 2.29 bits per heavy atom. The summed E-state index contributed by atoms with van der Waals surface area (Å²) in [5, 5.41) is 12.3. The zero-order chi connectivity index (χ0) is 15.0. The zero-order valence-corrected chi connectivity index (χ0v) is 12.6. The number of fused-ring (bicyclic) bond motifs is 1. The Morgan fingerprint density at radius 1 is 1.48 bits per heavy atom. The Bertz CT molecular complexity index is 793. The molecule has 0 aliphatic rings. The average Bonchev–Trinajstić information content (AvgIpc) is 3.12. The number of rotatable bonds is 4. The van der Waals surface area contributed by atoms with Gasteiger partial charge in [0.15, 0.2) is 0 Å². The van der Waals surface area contributed by atoms with Crippen molar-refractivity contribution < 1.29 is 9.90 Å². The Morgan fingerprint density at radius 3 is 2.90 bits per heavy atom. The molecule has 6 heteroatoms. The molecular weight excluding hydrogens is 286 g/mol. The quantitative estimate of drug-likeness (QED) is 0.802. The van der Waals surface area contributed by atoms with Crippen molar-refractivity contribution in [3.8, 4) is 0 Å². The van der Waals surface area contributed by atoms with Crippen molar-refractivity contribution in [1.82, 2.24) is 14.5 Å². The minimum Gasteiger partial charge on any atom is -0.478 e. The van der Waals surface area contributed by atoms with E-state index in [0.29, 0.717) is 5.52 Å². The van der Waals surface area contributed by atoms with E-state index in [1.54, 1.807) is 29.7 Å². The lowest BCUT2D eigenvalue weighted by Crippen LogP contribution is -2.12. The molecule has 1 aromatic carbocycles. The highest BCUT2D eigenvalue weighted by Gasteiger charge is 2.22. The van der Waals surface area contributed by atoms with Crippen LogP contribution in [0.1, 0.15) is 41.1 Å². The lowest BCUT2D eigenvalue weighted by atomic mass is 10.1. The fourth-order valence-corrected chi connectivity index (χ4v) is 3.27. The molecule has 3 rings (SSSR count). The van der Waals surface area contributed by atoms with Gasteiger partial charge in [-0.1, -0.05) is 13.0 Å². The first-order valence-electron chi connectivity index (χ1n) is 6.76. The van der Waals surface area contributed by atoms with Crippen LogP contribution in [0.15, 0.2) is 29.8 Å². The van der Waals surface area contributed by atoms with Gasteiger partial charge in [0.05, 0.1) is 22.6 Å². The van der Waals surface area contributed by atoms with Crippen LogP contribution in [0.5, 0.6) is 0 Å². The number of carboxylic acids is 1. The van der Waals surface area contributed by atoms with Crippen molar-refractivity contribution in [3.05, 3.63) is 46.2 Å². The number of hydrogen-bond acceptors (Lipinski definition) is 4. The third-order valence-corrected chi connectivity index (χ3v) is 4.47. The van der Waals surface area contributed by atoms with Gasteiger partial charge in [0.2, 0.25) is 0 Å². The topological polar surface area (TPSA) is 68.0 Å². The van der Waals surface area contributed by atoms with E-state index in [-0.39, 0.29) is 11.6 Å². The summed E-state index contributed by atoms with van der Waals surface area (Å²) in [7, 11) is 0. The molecule has 0 amide bonds. The Labute approximate surface area is 125 Å². The number of aromatic carboxylic acids is 1. The largest absolute Gasteiger partial charge is 0.478 e. The molecule has 1 N–H and O–H groups in total. The summed E-state index contributed by atoms with van der Waals surface area (Å²) in [6.45, 7) is 4.05. The highest BCUT2D eigenvalue weighted by Crippen LogP contribution is 2.29. The van der Waals surface area contributed by atoms with E-state index >= 15 is 0 Å². The van der Waals surface area contributed by atoms with Crippen molar-refractivity contribution in [2.45, 2.75) is 26.3 Å². The lowest BCUT2D eigenvalue weighted by Gasteiger charge is -2.15. The second-order valence-corrected chi connectivity index (χ2v) is 5.70. The van der Waals surface area contributed by atoms with Gasteiger partial charge in [-0.05, 0) is 19.1 Å². The number of benzene rings is 1. The maximum absolute atomic E-state index is 11.5. The first kappa shape index (κ1) is 13.8. The first-order chi connectivity index (χ1) is 10.1. The Hall–Kier alpha value is -2.21. The van der Waals surface area contributed by atoms with Crippen LogP contribution >= 0.6 is 11.3 Å². The molecule has 0 saturated carbocycles. The van der Waals surface area contributed by atoms with Gasteiger partial charge in [-0.2, -0.15) is 0 Å². The molecule has 0 bridgehead atoms. The summed E-state index contributed by atoms with van der Waals surface area (Å²) in [6.07, 6.45) is 2.50. The number of carbonyl (C=O) groups is 1. The summed E-state index contributed by atoms with van der Waals surface area (Å²) in [4.78, 5) is 20.5. The standard InChI is InChI=1S/C15H15N3O2S/c1-3-12-17-11-6-4-5-10(15(19)20)13(11)18(12)9(2)14-16-7-8-21-14/h4-9H,3H2,1-2H3,(H,19,20). The number of imidazole rings is 1. The van der Waals surface area contributed by atoms with Crippen LogP contribution in [0.2, 0.25) is 0 Å². The average molecular weight is 301 g/mol.